The van der Waals surface area contributed by atoms with Crippen LogP contribution in [0.5, 0.6) is 0 Å². The Morgan fingerprint density at radius 3 is 2.05 bits per heavy atom. The number of nitrogens with zero attached hydrogens (tertiary/aromatic N) is 4. The summed E-state index contributed by atoms with van der Waals surface area (Å²) >= 11 is 0. The van der Waals surface area contributed by atoms with Crippen LogP contribution in [-0.2, 0) is 0 Å². The number of hydrogen-bond acceptors (Lipinski definition) is 5. The molecule has 1 aliphatic carbocycles. The van der Waals surface area contributed by atoms with Crippen molar-refractivity contribution in [2.45, 2.75) is 114 Å². The Morgan fingerprint density at radius 2 is 1.41 bits per heavy atom. The number of fused-ring (bicyclic) bond motifs is 3. The molecule has 3 aliphatic heterocycles. The minimum absolute atomic E-state index is 0.0287. The van der Waals surface area contributed by atoms with Gasteiger partial charge in [-0.05, 0) is 50.7 Å². The summed E-state index contributed by atoms with van der Waals surface area (Å²) in [6.07, 6.45) is 18.5. The van der Waals surface area contributed by atoms with E-state index in [1.54, 1.807) is 0 Å². The number of hydrogen-bond donors (Lipinski definition) is 1. The van der Waals surface area contributed by atoms with Crippen LogP contribution < -0.4 is 10.5 Å². The van der Waals surface area contributed by atoms with Crippen LogP contribution in [0.4, 0.5) is 5.82 Å². The van der Waals surface area contributed by atoms with Crippen molar-refractivity contribution in [2.24, 2.45) is 5.92 Å². The van der Waals surface area contributed by atoms with E-state index in [1.165, 1.54) is 77.0 Å². The molecule has 0 spiro atoms. The monoisotopic (exact) mass is 504 g/mol. The number of piperidine rings is 2. The summed E-state index contributed by atoms with van der Waals surface area (Å²) in [5, 5.41) is 9.79. The van der Waals surface area contributed by atoms with Crippen molar-refractivity contribution in [1.82, 2.24) is 14.5 Å². The first-order chi connectivity index (χ1) is 18.1. The zero-order valence-electron chi connectivity index (χ0n) is 22.4. The van der Waals surface area contributed by atoms with Gasteiger partial charge in [-0.3, -0.25) is 9.69 Å². The number of rotatable bonds is 4. The standard InChI is InChI=1S/C31H44N4O2/c1-22(36)23-20-33(21-23)30-31(37)35(29-17-10-9-16-28(29)32-30)27-18-25-14-11-15-26(19-27)34(25)24-12-7-5-3-2-4-6-8-13-24/h9-10,16-17,23-27,36H,1-8,11-15,18-21H2. The Morgan fingerprint density at radius 1 is 0.811 bits per heavy atom. The third-order valence-electron chi connectivity index (χ3n) is 9.80. The predicted molar refractivity (Wildman–Crippen MR) is 150 cm³/mol. The average Bonchev–Trinajstić information content (AvgIpc) is 2.86. The molecule has 3 saturated heterocycles. The van der Waals surface area contributed by atoms with Crippen molar-refractivity contribution in [3.63, 3.8) is 0 Å². The molecule has 0 radical (unpaired) electrons. The van der Waals surface area contributed by atoms with E-state index in [0.717, 1.165) is 29.9 Å². The molecule has 200 valence electrons. The van der Waals surface area contributed by atoms with E-state index in [-0.39, 0.29) is 23.3 Å². The van der Waals surface area contributed by atoms with Crippen molar-refractivity contribution in [1.29, 1.82) is 0 Å². The van der Waals surface area contributed by atoms with Gasteiger partial charge in [0.15, 0.2) is 5.82 Å². The lowest BCUT2D eigenvalue weighted by Gasteiger charge is -2.53. The maximum atomic E-state index is 14.0. The molecule has 6 heteroatoms. The molecular weight excluding hydrogens is 460 g/mol. The highest BCUT2D eigenvalue weighted by atomic mass is 16.3. The lowest BCUT2D eigenvalue weighted by Crippen LogP contribution is -2.57. The molecule has 2 bridgehead atoms. The van der Waals surface area contributed by atoms with E-state index in [2.05, 4.69) is 22.1 Å². The molecule has 1 aromatic carbocycles. The fourth-order valence-electron chi connectivity index (χ4n) is 7.85. The largest absolute Gasteiger partial charge is 0.513 e. The highest BCUT2D eigenvalue weighted by Gasteiger charge is 2.43. The van der Waals surface area contributed by atoms with Gasteiger partial charge in [0.2, 0.25) is 0 Å². The summed E-state index contributed by atoms with van der Waals surface area (Å²) < 4.78 is 2.11. The van der Waals surface area contributed by atoms with Gasteiger partial charge in [0, 0.05) is 37.3 Å². The fourth-order valence-corrected chi connectivity index (χ4v) is 7.85. The summed E-state index contributed by atoms with van der Waals surface area (Å²) in [6, 6.07) is 10.3. The molecule has 2 atom stereocenters. The van der Waals surface area contributed by atoms with Gasteiger partial charge in [-0.2, -0.15) is 0 Å². The number of benzene rings is 1. The van der Waals surface area contributed by atoms with Gasteiger partial charge in [0.05, 0.1) is 22.7 Å². The maximum Gasteiger partial charge on any atom is 0.294 e. The van der Waals surface area contributed by atoms with E-state index in [1.807, 2.05) is 23.1 Å². The number of aliphatic hydroxyl groups excluding tert-OH is 1. The van der Waals surface area contributed by atoms with Gasteiger partial charge in [0.1, 0.15) is 0 Å². The molecule has 0 amide bonds. The topological polar surface area (TPSA) is 61.6 Å². The Balaban J connectivity index is 1.29. The smallest absolute Gasteiger partial charge is 0.294 e. The van der Waals surface area contributed by atoms with Gasteiger partial charge in [-0.25, -0.2) is 4.98 Å². The molecule has 4 aliphatic rings. The predicted octanol–water partition coefficient (Wildman–Crippen LogP) is 6.36. The van der Waals surface area contributed by atoms with E-state index in [0.29, 0.717) is 31.0 Å². The van der Waals surface area contributed by atoms with Gasteiger partial charge in [0.25, 0.3) is 5.56 Å². The van der Waals surface area contributed by atoms with Crippen LogP contribution in [0.15, 0.2) is 41.4 Å². The second-order valence-corrected chi connectivity index (χ2v) is 12.2. The van der Waals surface area contributed by atoms with Crippen molar-refractivity contribution in [3.8, 4) is 0 Å². The van der Waals surface area contributed by atoms with E-state index in [9.17, 15) is 9.90 Å². The molecule has 2 aromatic rings. The van der Waals surface area contributed by atoms with E-state index in [4.69, 9.17) is 4.98 Å². The van der Waals surface area contributed by atoms with Crippen LogP contribution >= 0.6 is 0 Å². The molecule has 4 heterocycles. The summed E-state index contributed by atoms with van der Waals surface area (Å²) in [7, 11) is 0. The number of aromatic nitrogens is 2. The summed E-state index contributed by atoms with van der Waals surface area (Å²) in [5.74, 6) is 0.773. The molecule has 4 fully saturated rings. The Hall–Kier alpha value is -2.34. The van der Waals surface area contributed by atoms with Crippen molar-refractivity contribution in [3.05, 3.63) is 47.0 Å². The molecule has 1 saturated carbocycles. The number of aliphatic hydroxyl groups is 1. The first-order valence-electron chi connectivity index (χ1n) is 15.0. The maximum absolute atomic E-state index is 14.0. The first-order valence-corrected chi connectivity index (χ1v) is 15.0. The van der Waals surface area contributed by atoms with Crippen LogP contribution in [0.25, 0.3) is 11.0 Å². The molecule has 1 aromatic heterocycles. The molecular formula is C31H44N4O2. The van der Waals surface area contributed by atoms with Crippen molar-refractivity contribution >= 4 is 16.9 Å². The van der Waals surface area contributed by atoms with Gasteiger partial charge >= 0.3 is 0 Å². The Labute approximate surface area is 221 Å². The van der Waals surface area contributed by atoms with E-state index < -0.39 is 0 Å². The van der Waals surface area contributed by atoms with Crippen molar-refractivity contribution < 1.29 is 5.11 Å². The van der Waals surface area contributed by atoms with Gasteiger partial charge in [-0.15, -0.1) is 0 Å². The molecule has 37 heavy (non-hydrogen) atoms. The number of para-hydroxylation sites is 2. The lowest BCUT2D eigenvalue weighted by atomic mass is 9.79. The van der Waals surface area contributed by atoms with Crippen molar-refractivity contribution in [2.75, 3.05) is 18.0 Å². The zero-order valence-corrected chi connectivity index (χ0v) is 22.4. The average molecular weight is 505 g/mol. The van der Waals surface area contributed by atoms with Crippen LogP contribution in [-0.4, -0.2) is 50.8 Å². The molecule has 2 unspecified atom stereocenters. The minimum Gasteiger partial charge on any atom is -0.513 e. The van der Waals surface area contributed by atoms with Crippen LogP contribution in [0.3, 0.4) is 0 Å². The quantitative estimate of drug-likeness (QED) is 0.491. The molecule has 6 nitrogen and oxygen atoms in total. The summed E-state index contributed by atoms with van der Waals surface area (Å²) in [4.78, 5) is 23.8. The third-order valence-corrected chi connectivity index (χ3v) is 9.80. The van der Waals surface area contributed by atoms with Crippen LogP contribution in [0.1, 0.15) is 95.9 Å². The lowest BCUT2D eigenvalue weighted by molar-refractivity contribution is -0.0239. The second kappa shape index (κ2) is 10.8. The normalized spacial score (nSPS) is 28.6. The summed E-state index contributed by atoms with van der Waals surface area (Å²) in [5.41, 5.74) is 1.90. The zero-order chi connectivity index (χ0) is 25.4. The Bertz CT molecular complexity index is 1150. The number of anilines is 1. The van der Waals surface area contributed by atoms with E-state index >= 15 is 0 Å². The third kappa shape index (κ3) is 4.94. The molecule has 6 rings (SSSR count). The minimum atomic E-state index is 0.0287. The fraction of sp³-hybridized carbons (Fsp3) is 0.677. The SMILES string of the molecule is C=C(O)C1CN(c2nc3ccccc3n(C3CC4CCCC(C3)N4C3CCCCCCCCC3)c2=O)C1. The highest BCUT2D eigenvalue weighted by molar-refractivity contribution is 5.76. The van der Waals surface area contributed by atoms with Gasteiger partial charge < -0.3 is 14.6 Å². The highest BCUT2D eigenvalue weighted by Crippen LogP contribution is 2.43. The first kappa shape index (κ1) is 25.0. The molecule has 1 N–H and O–H groups in total. The van der Waals surface area contributed by atoms with Crippen LogP contribution in [0.2, 0.25) is 0 Å². The Kier molecular flexibility index (Phi) is 7.29. The van der Waals surface area contributed by atoms with Gasteiger partial charge in [-0.1, -0.05) is 70.1 Å². The second-order valence-electron chi connectivity index (χ2n) is 12.2. The summed E-state index contributed by atoms with van der Waals surface area (Å²) in [6.45, 7) is 4.91. The van der Waals surface area contributed by atoms with Crippen LogP contribution in [0, 0.1) is 5.92 Å².